The molecule has 2 unspecified atom stereocenters. The van der Waals surface area contributed by atoms with Crippen molar-refractivity contribution in [3.05, 3.63) is 144 Å². The summed E-state index contributed by atoms with van der Waals surface area (Å²) in [6, 6.07) is 32.2. The third kappa shape index (κ3) is 12.5. The molecule has 5 N–H and O–H groups in total. The van der Waals surface area contributed by atoms with Crippen LogP contribution in [0.5, 0.6) is 0 Å². The van der Waals surface area contributed by atoms with E-state index in [0.717, 1.165) is 112 Å². The van der Waals surface area contributed by atoms with Gasteiger partial charge in [-0.25, -0.2) is 19.6 Å². The van der Waals surface area contributed by atoms with Gasteiger partial charge in [-0.1, -0.05) is 48.5 Å². The average Bonchev–Trinajstić information content (AvgIpc) is 4.35. The van der Waals surface area contributed by atoms with E-state index >= 15 is 0 Å². The summed E-state index contributed by atoms with van der Waals surface area (Å²) in [6.45, 7) is 6.60. The molecule has 8 heterocycles. The molecule has 23 heteroatoms. The van der Waals surface area contributed by atoms with Crippen molar-refractivity contribution in [2.45, 2.75) is 62.0 Å². The van der Waals surface area contributed by atoms with Crippen LogP contribution in [0.2, 0.25) is 0 Å². The van der Waals surface area contributed by atoms with Gasteiger partial charge in [0.2, 0.25) is 5.91 Å². The van der Waals surface area contributed by atoms with Crippen molar-refractivity contribution in [3.8, 4) is 22.5 Å². The van der Waals surface area contributed by atoms with E-state index in [1.54, 1.807) is 34.1 Å². The van der Waals surface area contributed by atoms with Gasteiger partial charge in [0.25, 0.3) is 0 Å². The van der Waals surface area contributed by atoms with E-state index in [2.05, 4.69) is 31.8 Å². The molecule has 2 aromatic heterocycles. The van der Waals surface area contributed by atoms with Crippen LogP contribution in [0.1, 0.15) is 59.8 Å². The quantitative estimate of drug-likeness (QED) is 0.109. The van der Waals surface area contributed by atoms with Gasteiger partial charge in [-0.2, -0.15) is 53.3 Å². The fraction of sp³-hybridized carbons (Fsp3) is 0.339. The van der Waals surface area contributed by atoms with Crippen LogP contribution >= 0.6 is 39.4 Å². The number of carbonyl (C=O) groups is 3. The van der Waals surface area contributed by atoms with Crippen LogP contribution in [0.15, 0.2) is 121 Å². The van der Waals surface area contributed by atoms with Gasteiger partial charge in [0.05, 0.1) is 52.5 Å². The van der Waals surface area contributed by atoms with Crippen LogP contribution in [-0.4, -0.2) is 104 Å². The number of nitrogens with zero attached hydrogens (tertiary/aromatic N) is 7. The van der Waals surface area contributed by atoms with Gasteiger partial charge in [-0.3, -0.25) is 19.5 Å². The maximum absolute atomic E-state index is 13.7. The molecule has 0 spiro atoms. The lowest BCUT2D eigenvalue weighted by molar-refractivity contribution is -0.138. The minimum Gasteiger partial charge on any atom is -0.369 e. The Morgan fingerprint density at radius 1 is 0.582 bits per heavy atom. The Balaban J connectivity index is 0.000000201. The zero-order valence-corrected chi connectivity index (χ0v) is 45.5. The molecular formula is C56H60ClF6N11O3S2. The minimum absolute atomic E-state index is 0. The van der Waals surface area contributed by atoms with Crippen LogP contribution in [0, 0.1) is 0 Å². The normalized spacial score (nSPS) is 19.9. The molecule has 4 atom stereocenters. The number of hydrogen-bond donors (Lipinski definition) is 4. The van der Waals surface area contributed by atoms with E-state index in [1.807, 2.05) is 59.5 Å². The van der Waals surface area contributed by atoms with Crippen LogP contribution in [0.3, 0.4) is 0 Å². The lowest BCUT2D eigenvalue weighted by Gasteiger charge is -2.36. The number of likely N-dealkylation sites (tertiary alicyclic amines) is 1. The van der Waals surface area contributed by atoms with Crippen molar-refractivity contribution in [1.29, 1.82) is 0 Å². The molecule has 4 bridgehead atoms. The Labute approximate surface area is 473 Å². The number of nitrogens with one attached hydrogen (secondary N) is 3. The minimum atomic E-state index is -4.46. The molecule has 418 valence electrons. The number of carbonyl (C=O) groups excluding carboxylic acids is 3. The van der Waals surface area contributed by atoms with E-state index in [0.29, 0.717) is 58.8 Å². The van der Waals surface area contributed by atoms with E-state index < -0.39 is 23.5 Å². The van der Waals surface area contributed by atoms with Crippen molar-refractivity contribution in [2.75, 3.05) is 89.1 Å². The highest BCUT2D eigenvalue weighted by Crippen LogP contribution is 2.43. The highest BCUT2D eigenvalue weighted by atomic mass is 35.5. The van der Waals surface area contributed by atoms with Gasteiger partial charge in [0.15, 0.2) is 11.6 Å². The zero-order chi connectivity index (χ0) is 52.9. The number of pyridine rings is 2. The maximum Gasteiger partial charge on any atom is 0.416 e. The summed E-state index contributed by atoms with van der Waals surface area (Å²) < 4.78 is 79.8. The molecule has 12 rings (SSSR count). The average molecular weight is 1150 g/mol. The molecule has 0 radical (unpaired) electrons. The number of urea groups is 2. The second kappa shape index (κ2) is 23.9. The topological polar surface area (TPSA) is 155 Å². The van der Waals surface area contributed by atoms with E-state index in [-0.39, 0.29) is 81.9 Å². The maximum atomic E-state index is 13.7. The molecule has 6 aliphatic rings. The monoisotopic (exact) mass is 1150 g/mol. The summed E-state index contributed by atoms with van der Waals surface area (Å²) >= 11 is 0. The van der Waals surface area contributed by atoms with Crippen molar-refractivity contribution < 1.29 is 40.7 Å². The number of alkyl halides is 6. The molecule has 6 aromatic rings. The zero-order valence-electron chi connectivity index (χ0n) is 42.7. The SMILES string of the molecule is Cl.NC(=O)CN1CCC(c2cccc(NC(=O)N3c4nc(-c5cccc(C(F)(F)F)c5)ccc4N4CC[C@H]3C4)c2)C1.O=C(Nc1cccc(C2CCNC2)c1)N1c2nc(-c3cccc(C(F)(F)F)c3)ccc2N2CC[C@H]1C2.S.S. The van der Waals surface area contributed by atoms with Crippen molar-refractivity contribution in [3.63, 3.8) is 0 Å². The second-order valence-corrected chi connectivity index (χ2v) is 20.2. The van der Waals surface area contributed by atoms with Gasteiger partial charge in [-0.15, -0.1) is 12.4 Å². The third-order valence-electron chi connectivity index (χ3n) is 15.2. The van der Waals surface area contributed by atoms with Gasteiger partial charge in [-0.05, 0) is 135 Å². The first-order valence-corrected chi connectivity index (χ1v) is 25.5. The fourth-order valence-electron chi connectivity index (χ4n) is 11.5. The Hall–Kier alpha value is -6.72. The summed E-state index contributed by atoms with van der Waals surface area (Å²) in [5.41, 5.74) is 10.6. The summed E-state index contributed by atoms with van der Waals surface area (Å²) in [5.74, 6) is 1.23. The highest BCUT2D eigenvalue weighted by molar-refractivity contribution is 7.59. The lowest BCUT2D eigenvalue weighted by Crippen LogP contribution is -2.48. The highest BCUT2D eigenvalue weighted by Gasteiger charge is 2.42. The van der Waals surface area contributed by atoms with Gasteiger partial charge in [0, 0.05) is 61.8 Å². The second-order valence-electron chi connectivity index (χ2n) is 20.2. The lowest BCUT2D eigenvalue weighted by atomic mass is 9.98. The number of fused-ring (bicyclic) bond motifs is 8. The number of nitrogens with two attached hydrogens (primary N) is 1. The number of benzene rings is 4. The molecule has 79 heavy (non-hydrogen) atoms. The predicted octanol–water partition coefficient (Wildman–Crippen LogP) is 10.8. The Bertz CT molecular complexity index is 3210. The number of halogens is 7. The molecule has 4 fully saturated rings. The van der Waals surface area contributed by atoms with Crippen molar-refractivity contribution >= 4 is 91.8 Å². The van der Waals surface area contributed by atoms with Crippen molar-refractivity contribution in [2.24, 2.45) is 5.73 Å². The number of amides is 5. The molecule has 4 saturated heterocycles. The molecule has 6 aliphatic heterocycles. The van der Waals surface area contributed by atoms with E-state index in [1.165, 1.54) is 17.7 Å². The van der Waals surface area contributed by atoms with Gasteiger partial charge < -0.3 is 31.5 Å². The standard InChI is InChI=1S/C29H29F3N6O2.C27H26F3N5O.ClH.2H2S/c30-29(31,32)21-5-1-4-19(13-21)24-7-8-25-27(35-24)38(23-10-12-37(25)16-23)28(40)34-22-6-2-3-18(14-22)20-9-11-36(15-20)17-26(33)39;28-27(29,30)20-5-1-4-18(13-20)23-7-8-24-25(33-23)35(22-10-12-34(24)16-22)26(36)32-21-6-2-3-17(14-21)19-9-11-31-15-19;;;/h1-8,13-14,20,23H,9-12,15-17H2,(H2,33,39)(H,34,40);1-8,13-14,19,22,31H,9-12,15-16H2,(H,32,36);1H;2*1H2/t20?,23-;19?,22-;;;/m00.../s1. The Kier molecular flexibility index (Phi) is 17.7. The van der Waals surface area contributed by atoms with Crippen LogP contribution in [0.4, 0.5) is 70.3 Å². The number of aromatic nitrogens is 2. The number of rotatable bonds is 8. The number of primary amides is 1. The third-order valence-corrected chi connectivity index (χ3v) is 15.2. The summed E-state index contributed by atoms with van der Waals surface area (Å²) in [6.07, 6.45) is -5.38. The van der Waals surface area contributed by atoms with Gasteiger partial charge in [0.1, 0.15) is 0 Å². The van der Waals surface area contributed by atoms with E-state index in [9.17, 15) is 40.7 Å². The van der Waals surface area contributed by atoms with E-state index in [4.69, 9.17) is 15.7 Å². The molecule has 0 aliphatic carbocycles. The Morgan fingerprint density at radius 2 is 1.06 bits per heavy atom. The Morgan fingerprint density at radius 3 is 1.52 bits per heavy atom. The van der Waals surface area contributed by atoms with Crippen LogP contribution in [-0.2, 0) is 17.1 Å². The van der Waals surface area contributed by atoms with Crippen LogP contribution in [0.25, 0.3) is 22.5 Å². The van der Waals surface area contributed by atoms with Gasteiger partial charge >= 0.3 is 24.4 Å². The van der Waals surface area contributed by atoms with Crippen molar-refractivity contribution in [1.82, 2.24) is 20.2 Å². The first-order valence-electron chi connectivity index (χ1n) is 25.5. The fourth-order valence-corrected chi connectivity index (χ4v) is 11.5. The predicted molar refractivity (Wildman–Crippen MR) is 308 cm³/mol. The summed E-state index contributed by atoms with van der Waals surface area (Å²) in [4.78, 5) is 57.7. The molecule has 5 amide bonds. The largest absolute Gasteiger partial charge is 0.416 e. The smallest absolute Gasteiger partial charge is 0.369 e. The number of anilines is 6. The molecular weight excluding hydrogens is 1090 g/mol. The summed E-state index contributed by atoms with van der Waals surface area (Å²) in [5, 5.41) is 9.44. The van der Waals surface area contributed by atoms with Crippen LogP contribution < -0.4 is 41.3 Å². The molecule has 0 saturated carbocycles. The molecule has 4 aromatic carbocycles. The summed E-state index contributed by atoms with van der Waals surface area (Å²) in [7, 11) is 0. The first kappa shape index (κ1) is 58.4. The number of hydrogen-bond acceptors (Lipinski definition) is 9. The first-order chi connectivity index (χ1) is 36.5. The molecule has 14 nitrogen and oxygen atoms in total.